The largest absolute Gasteiger partial charge is 0.481 e. The molecule has 0 aliphatic carbocycles. The molecule has 0 spiro atoms. The SMILES string of the molecule is CCCN(c1ccc(C(COC)CC(=O)O)cc1Nc1ccc(C#N)cc1)C1CCSC(O)(O)C1. The number of rotatable bonds is 11. The molecule has 0 saturated carbocycles. The highest BCUT2D eigenvalue weighted by Gasteiger charge is 2.36. The summed E-state index contributed by atoms with van der Waals surface area (Å²) in [5.74, 6) is -0.573. The van der Waals surface area contributed by atoms with Gasteiger partial charge in [0.2, 0.25) is 5.12 Å². The summed E-state index contributed by atoms with van der Waals surface area (Å²) in [6, 6.07) is 15.0. The maximum atomic E-state index is 11.5. The minimum atomic E-state index is -1.76. The topological polar surface area (TPSA) is 126 Å². The number of nitriles is 1. The van der Waals surface area contributed by atoms with Crippen LogP contribution in [0.25, 0.3) is 0 Å². The Morgan fingerprint density at radius 3 is 2.66 bits per heavy atom. The second-order valence-electron chi connectivity index (χ2n) is 8.77. The average Bonchev–Trinajstić information content (AvgIpc) is 2.82. The molecule has 188 valence electrons. The molecule has 0 radical (unpaired) electrons. The number of anilines is 3. The average molecular weight is 500 g/mol. The summed E-state index contributed by atoms with van der Waals surface area (Å²) in [6.07, 6.45) is 1.86. The first-order valence-electron chi connectivity index (χ1n) is 11.7. The molecule has 0 bridgehead atoms. The van der Waals surface area contributed by atoms with Gasteiger partial charge >= 0.3 is 5.97 Å². The van der Waals surface area contributed by atoms with Crippen LogP contribution in [0.3, 0.4) is 0 Å². The van der Waals surface area contributed by atoms with Gasteiger partial charge in [-0.05, 0) is 54.8 Å². The Bertz CT molecular complexity index is 1040. The standard InChI is InChI=1S/C26H33N3O5S/c1-3-11-29(22-10-12-35-26(32,33)15-22)24-9-6-19(20(17-34-2)14-25(30)31)13-23(24)28-21-7-4-18(16-27)5-8-21/h4-9,13,20,22,28,32-33H,3,10-12,14-15,17H2,1-2H3,(H,30,31). The zero-order chi connectivity index (χ0) is 25.4. The molecule has 2 aromatic rings. The molecule has 2 atom stereocenters. The third-order valence-corrected chi connectivity index (χ3v) is 7.14. The van der Waals surface area contributed by atoms with Gasteiger partial charge in [-0.3, -0.25) is 4.79 Å². The van der Waals surface area contributed by atoms with Crippen LogP contribution in [0.1, 0.15) is 49.7 Å². The maximum Gasteiger partial charge on any atom is 0.304 e. The Balaban J connectivity index is 2.04. The van der Waals surface area contributed by atoms with Crippen molar-refractivity contribution in [1.29, 1.82) is 5.26 Å². The van der Waals surface area contributed by atoms with E-state index in [2.05, 4.69) is 23.2 Å². The fourth-order valence-electron chi connectivity index (χ4n) is 4.46. The second kappa shape index (κ2) is 12.3. The molecule has 2 aromatic carbocycles. The molecule has 2 unspecified atom stereocenters. The number of methoxy groups -OCH3 is 1. The van der Waals surface area contributed by atoms with E-state index in [-0.39, 0.29) is 31.4 Å². The van der Waals surface area contributed by atoms with Crippen molar-refractivity contribution in [3.8, 4) is 6.07 Å². The van der Waals surface area contributed by atoms with E-state index in [1.54, 1.807) is 19.2 Å². The smallest absolute Gasteiger partial charge is 0.304 e. The Hall–Kier alpha value is -2.77. The minimum absolute atomic E-state index is 0.0560. The van der Waals surface area contributed by atoms with Gasteiger partial charge in [-0.25, -0.2) is 0 Å². The maximum absolute atomic E-state index is 11.5. The molecule has 3 rings (SSSR count). The van der Waals surface area contributed by atoms with Crippen molar-refractivity contribution in [3.05, 3.63) is 53.6 Å². The lowest BCUT2D eigenvalue weighted by molar-refractivity contribution is -0.137. The van der Waals surface area contributed by atoms with E-state index in [1.807, 2.05) is 30.3 Å². The number of thioether (sulfide) groups is 1. The molecule has 1 aliphatic rings. The molecule has 0 amide bonds. The fraction of sp³-hybridized carbons (Fsp3) is 0.462. The number of hydrogen-bond donors (Lipinski definition) is 4. The van der Waals surface area contributed by atoms with Crippen molar-refractivity contribution in [2.24, 2.45) is 0 Å². The lowest BCUT2D eigenvalue weighted by Crippen LogP contribution is -2.45. The number of ether oxygens (including phenoxy) is 1. The Kier molecular flexibility index (Phi) is 9.40. The number of nitrogens with one attached hydrogen (secondary N) is 1. The highest BCUT2D eigenvalue weighted by Crippen LogP contribution is 2.40. The molecule has 0 aromatic heterocycles. The lowest BCUT2D eigenvalue weighted by Gasteiger charge is -2.41. The molecule has 1 heterocycles. The number of carboxylic acid groups (broad SMARTS) is 1. The number of aliphatic hydroxyl groups is 2. The summed E-state index contributed by atoms with van der Waals surface area (Å²) in [6.45, 7) is 3.08. The fourth-order valence-corrected chi connectivity index (χ4v) is 5.49. The predicted octanol–water partition coefficient (Wildman–Crippen LogP) is 4.26. The van der Waals surface area contributed by atoms with Crippen LogP contribution in [-0.2, 0) is 9.53 Å². The third kappa shape index (κ3) is 7.36. The molecular weight excluding hydrogens is 466 g/mol. The summed E-state index contributed by atoms with van der Waals surface area (Å²) in [7, 11) is 1.55. The van der Waals surface area contributed by atoms with Crippen LogP contribution in [0, 0.1) is 11.3 Å². The van der Waals surface area contributed by atoms with Gasteiger partial charge in [-0.1, -0.05) is 24.8 Å². The van der Waals surface area contributed by atoms with Crippen LogP contribution in [0.2, 0.25) is 0 Å². The summed E-state index contributed by atoms with van der Waals surface area (Å²) >= 11 is 1.16. The van der Waals surface area contributed by atoms with Crippen LogP contribution >= 0.6 is 11.8 Å². The summed E-state index contributed by atoms with van der Waals surface area (Å²) in [5.41, 5.74) is 3.87. The van der Waals surface area contributed by atoms with Crippen LogP contribution in [0.15, 0.2) is 42.5 Å². The van der Waals surface area contributed by atoms with Crippen molar-refractivity contribution in [1.82, 2.24) is 0 Å². The molecule has 1 aliphatic heterocycles. The van der Waals surface area contributed by atoms with Gasteiger partial charge < -0.3 is 30.3 Å². The van der Waals surface area contributed by atoms with Crippen molar-refractivity contribution >= 4 is 34.8 Å². The van der Waals surface area contributed by atoms with E-state index >= 15 is 0 Å². The number of benzene rings is 2. The van der Waals surface area contributed by atoms with E-state index in [0.29, 0.717) is 11.3 Å². The molecular formula is C26H33N3O5S. The highest BCUT2D eigenvalue weighted by molar-refractivity contribution is 8.00. The van der Waals surface area contributed by atoms with Crippen LogP contribution in [0.5, 0.6) is 0 Å². The van der Waals surface area contributed by atoms with E-state index in [0.717, 1.165) is 53.8 Å². The predicted molar refractivity (Wildman–Crippen MR) is 138 cm³/mol. The quantitative estimate of drug-likeness (QED) is 0.336. The molecule has 8 nitrogen and oxygen atoms in total. The molecule has 1 saturated heterocycles. The van der Waals surface area contributed by atoms with Gasteiger partial charge in [0, 0.05) is 43.5 Å². The van der Waals surface area contributed by atoms with Crippen molar-refractivity contribution in [2.45, 2.75) is 49.7 Å². The zero-order valence-corrected chi connectivity index (χ0v) is 20.9. The monoisotopic (exact) mass is 499 g/mol. The minimum Gasteiger partial charge on any atom is -0.481 e. The Morgan fingerprint density at radius 2 is 2.06 bits per heavy atom. The highest BCUT2D eigenvalue weighted by atomic mass is 32.2. The van der Waals surface area contributed by atoms with Gasteiger partial charge in [0.05, 0.1) is 36.0 Å². The van der Waals surface area contributed by atoms with Gasteiger partial charge in [-0.15, -0.1) is 0 Å². The van der Waals surface area contributed by atoms with E-state index < -0.39 is 11.1 Å². The van der Waals surface area contributed by atoms with Crippen LogP contribution in [-0.4, -0.2) is 58.5 Å². The summed E-state index contributed by atoms with van der Waals surface area (Å²) < 4.78 is 5.29. The molecule has 4 N–H and O–H groups in total. The Labute approximate surface area is 210 Å². The lowest BCUT2D eigenvalue weighted by atomic mass is 9.94. The summed E-state index contributed by atoms with van der Waals surface area (Å²) in [5, 5.41) is 40.8. The zero-order valence-electron chi connectivity index (χ0n) is 20.1. The van der Waals surface area contributed by atoms with Gasteiger partial charge in [0.15, 0.2) is 0 Å². The van der Waals surface area contributed by atoms with E-state index in [1.165, 1.54) is 0 Å². The normalized spacial score (nSPS) is 17.9. The first-order valence-corrected chi connectivity index (χ1v) is 12.7. The van der Waals surface area contributed by atoms with Crippen LogP contribution < -0.4 is 10.2 Å². The first kappa shape index (κ1) is 26.8. The van der Waals surface area contributed by atoms with Gasteiger partial charge in [-0.2, -0.15) is 5.26 Å². The van der Waals surface area contributed by atoms with Crippen molar-refractivity contribution < 1.29 is 24.9 Å². The Morgan fingerprint density at radius 1 is 1.31 bits per heavy atom. The van der Waals surface area contributed by atoms with Gasteiger partial charge in [0.1, 0.15) is 0 Å². The number of aliphatic carboxylic acids is 1. The third-order valence-electron chi connectivity index (χ3n) is 6.07. The second-order valence-corrected chi connectivity index (χ2v) is 10.1. The number of carboxylic acids is 1. The van der Waals surface area contributed by atoms with Crippen molar-refractivity contribution in [3.63, 3.8) is 0 Å². The first-order chi connectivity index (χ1) is 16.8. The molecule has 9 heteroatoms. The van der Waals surface area contributed by atoms with Crippen LogP contribution in [0.4, 0.5) is 17.1 Å². The molecule has 35 heavy (non-hydrogen) atoms. The summed E-state index contributed by atoms with van der Waals surface area (Å²) in [4.78, 5) is 13.7. The number of nitrogens with zero attached hydrogens (tertiary/aromatic N) is 2. The van der Waals surface area contributed by atoms with Crippen molar-refractivity contribution in [2.75, 3.05) is 36.2 Å². The van der Waals surface area contributed by atoms with Gasteiger partial charge in [0.25, 0.3) is 0 Å². The van der Waals surface area contributed by atoms with E-state index in [4.69, 9.17) is 10.00 Å². The number of hydrogen-bond acceptors (Lipinski definition) is 8. The number of carbonyl (C=O) groups is 1. The van der Waals surface area contributed by atoms with E-state index in [9.17, 15) is 20.1 Å². The molecule has 1 fully saturated rings.